The molecule has 3 heterocycles. The molecule has 0 bridgehead atoms. The van der Waals surface area contributed by atoms with Gasteiger partial charge in [-0.1, -0.05) is 12.1 Å². The van der Waals surface area contributed by atoms with Gasteiger partial charge in [-0.3, -0.25) is 24.8 Å². The third-order valence-corrected chi connectivity index (χ3v) is 5.79. The van der Waals surface area contributed by atoms with E-state index < -0.39 is 0 Å². The summed E-state index contributed by atoms with van der Waals surface area (Å²) in [5.74, 6) is 0.0581. The topological polar surface area (TPSA) is 86.8 Å². The Bertz CT molecular complexity index is 1010. The van der Waals surface area contributed by atoms with E-state index in [0.717, 1.165) is 72.2 Å². The van der Waals surface area contributed by atoms with Crippen molar-refractivity contribution in [2.24, 2.45) is 5.92 Å². The maximum atomic E-state index is 12.9. The van der Waals surface area contributed by atoms with E-state index in [4.69, 9.17) is 4.98 Å². The Hall–Kier alpha value is -3.06. The number of rotatable bonds is 5. The number of anilines is 1. The second-order valence-electron chi connectivity index (χ2n) is 8.04. The van der Waals surface area contributed by atoms with Gasteiger partial charge in [0.15, 0.2) is 0 Å². The Morgan fingerprint density at radius 3 is 2.60 bits per heavy atom. The van der Waals surface area contributed by atoms with Gasteiger partial charge in [-0.2, -0.15) is 5.10 Å². The number of aromatic amines is 1. The van der Waals surface area contributed by atoms with Crippen molar-refractivity contribution < 1.29 is 4.79 Å². The highest BCUT2D eigenvalue weighted by Crippen LogP contribution is 2.23. The van der Waals surface area contributed by atoms with Gasteiger partial charge in [-0.15, -0.1) is 0 Å². The monoisotopic (exact) mass is 404 g/mol. The Morgan fingerprint density at radius 2 is 1.87 bits per heavy atom. The fourth-order valence-corrected chi connectivity index (χ4v) is 3.93. The lowest BCUT2D eigenvalue weighted by Gasteiger charge is -2.32. The highest BCUT2D eigenvalue weighted by Gasteiger charge is 2.26. The van der Waals surface area contributed by atoms with Crippen LogP contribution in [0, 0.1) is 26.7 Å². The molecule has 1 aliphatic rings. The van der Waals surface area contributed by atoms with Gasteiger partial charge in [0.25, 0.3) is 0 Å². The van der Waals surface area contributed by atoms with Crippen molar-refractivity contribution in [3.63, 3.8) is 0 Å². The molecule has 7 nitrogen and oxygen atoms in total. The largest absolute Gasteiger partial charge is 0.326 e. The van der Waals surface area contributed by atoms with Crippen LogP contribution < -0.4 is 5.32 Å². The molecule has 1 saturated heterocycles. The lowest BCUT2D eigenvalue weighted by molar-refractivity contribution is -0.121. The first-order valence-electron chi connectivity index (χ1n) is 10.4. The lowest BCUT2D eigenvalue weighted by atomic mass is 9.96. The van der Waals surface area contributed by atoms with Crippen molar-refractivity contribution in [2.45, 2.75) is 40.2 Å². The number of piperidine rings is 1. The van der Waals surface area contributed by atoms with Crippen LogP contribution in [0.25, 0.3) is 11.3 Å². The summed E-state index contributed by atoms with van der Waals surface area (Å²) in [5.41, 5.74) is 6.75. The number of benzene rings is 1. The third kappa shape index (κ3) is 4.57. The van der Waals surface area contributed by atoms with Crippen molar-refractivity contribution in [3.05, 3.63) is 59.3 Å². The average Bonchev–Trinajstić information content (AvgIpc) is 3.28. The molecule has 156 valence electrons. The second kappa shape index (κ2) is 8.75. The minimum atomic E-state index is -0.0224. The highest BCUT2D eigenvalue weighted by atomic mass is 16.1. The van der Waals surface area contributed by atoms with Gasteiger partial charge in [0.1, 0.15) is 0 Å². The fourth-order valence-electron chi connectivity index (χ4n) is 3.93. The Kier molecular flexibility index (Phi) is 5.90. The number of hydrogen-bond acceptors (Lipinski definition) is 5. The third-order valence-electron chi connectivity index (χ3n) is 5.79. The van der Waals surface area contributed by atoms with E-state index in [2.05, 4.69) is 25.4 Å². The van der Waals surface area contributed by atoms with Crippen LogP contribution in [0.1, 0.15) is 35.6 Å². The number of aromatic nitrogens is 4. The van der Waals surface area contributed by atoms with Gasteiger partial charge in [0, 0.05) is 25.0 Å². The molecule has 1 aromatic carbocycles. The zero-order valence-corrected chi connectivity index (χ0v) is 17.8. The van der Waals surface area contributed by atoms with E-state index in [0.29, 0.717) is 0 Å². The first kappa shape index (κ1) is 20.2. The van der Waals surface area contributed by atoms with Crippen molar-refractivity contribution in [1.82, 2.24) is 25.1 Å². The number of carbonyl (C=O) groups excluding carboxylic acids is 1. The van der Waals surface area contributed by atoms with Crippen LogP contribution in [0.2, 0.25) is 0 Å². The van der Waals surface area contributed by atoms with E-state index in [1.54, 1.807) is 6.20 Å². The van der Waals surface area contributed by atoms with Gasteiger partial charge >= 0.3 is 0 Å². The predicted octanol–water partition coefficient (Wildman–Crippen LogP) is 3.64. The van der Waals surface area contributed by atoms with E-state index in [-0.39, 0.29) is 11.8 Å². The quantitative estimate of drug-likeness (QED) is 0.678. The Labute approximate surface area is 176 Å². The number of amides is 1. The van der Waals surface area contributed by atoms with Crippen LogP contribution in [0.15, 0.2) is 36.5 Å². The number of carbonyl (C=O) groups is 1. The van der Waals surface area contributed by atoms with E-state index in [1.165, 1.54) is 0 Å². The van der Waals surface area contributed by atoms with Gasteiger partial charge < -0.3 is 5.32 Å². The van der Waals surface area contributed by atoms with E-state index in [1.807, 2.05) is 51.1 Å². The number of hydrogen-bond donors (Lipinski definition) is 2. The molecule has 1 aliphatic heterocycles. The van der Waals surface area contributed by atoms with Gasteiger partial charge in [-0.05, 0) is 63.9 Å². The van der Waals surface area contributed by atoms with Crippen molar-refractivity contribution in [3.8, 4) is 11.3 Å². The molecule has 3 aromatic rings. The first-order chi connectivity index (χ1) is 14.5. The number of H-pyrrole nitrogens is 1. The fraction of sp³-hybridized carbons (Fsp3) is 0.391. The van der Waals surface area contributed by atoms with Crippen LogP contribution in [0.4, 0.5) is 5.69 Å². The van der Waals surface area contributed by atoms with Crippen molar-refractivity contribution in [1.29, 1.82) is 0 Å². The summed E-state index contributed by atoms with van der Waals surface area (Å²) in [6.45, 7) is 8.46. The maximum absolute atomic E-state index is 12.9. The molecule has 0 saturated carbocycles. The molecule has 0 aliphatic carbocycles. The molecular weight excluding hydrogens is 376 g/mol. The SMILES string of the molecule is Cc1nc(C)c(CN2CCCC(C(=O)Nc3ccc(-c4ccn[nH]4)cc3)C2)nc1C. The number of likely N-dealkylation sites (tertiary alicyclic amines) is 1. The minimum absolute atomic E-state index is 0.0224. The zero-order chi connectivity index (χ0) is 21.1. The van der Waals surface area contributed by atoms with Crippen molar-refractivity contribution in [2.75, 3.05) is 18.4 Å². The summed E-state index contributed by atoms with van der Waals surface area (Å²) < 4.78 is 0. The zero-order valence-electron chi connectivity index (χ0n) is 17.8. The number of aryl methyl sites for hydroxylation is 3. The molecule has 1 atom stereocenters. The van der Waals surface area contributed by atoms with Crippen molar-refractivity contribution >= 4 is 11.6 Å². The maximum Gasteiger partial charge on any atom is 0.228 e. The highest BCUT2D eigenvalue weighted by molar-refractivity contribution is 5.93. The van der Waals surface area contributed by atoms with Gasteiger partial charge in [0.2, 0.25) is 5.91 Å². The molecule has 2 N–H and O–H groups in total. The number of nitrogens with one attached hydrogen (secondary N) is 2. The summed E-state index contributed by atoms with van der Waals surface area (Å²) in [4.78, 5) is 24.5. The Balaban J connectivity index is 1.37. The molecule has 2 aromatic heterocycles. The van der Waals surface area contributed by atoms with Gasteiger partial charge in [0.05, 0.1) is 34.4 Å². The summed E-state index contributed by atoms with van der Waals surface area (Å²) in [6, 6.07) is 9.76. The molecule has 1 amide bonds. The van der Waals surface area contributed by atoms with Crippen LogP contribution in [0.5, 0.6) is 0 Å². The van der Waals surface area contributed by atoms with Gasteiger partial charge in [-0.25, -0.2) is 0 Å². The minimum Gasteiger partial charge on any atom is -0.326 e. The molecule has 30 heavy (non-hydrogen) atoms. The molecule has 4 rings (SSSR count). The van der Waals surface area contributed by atoms with Crippen LogP contribution in [0.3, 0.4) is 0 Å². The molecular formula is C23H28N6O. The molecule has 1 fully saturated rings. The summed E-state index contributed by atoms with van der Waals surface area (Å²) in [5, 5.41) is 10.00. The summed E-state index contributed by atoms with van der Waals surface area (Å²) >= 11 is 0. The Morgan fingerprint density at radius 1 is 1.10 bits per heavy atom. The van der Waals surface area contributed by atoms with Crippen LogP contribution >= 0.6 is 0 Å². The first-order valence-corrected chi connectivity index (χ1v) is 10.4. The molecule has 7 heteroatoms. The van der Waals surface area contributed by atoms with Crippen LogP contribution in [-0.2, 0) is 11.3 Å². The second-order valence-corrected chi connectivity index (χ2v) is 8.04. The molecule has 1 unspecified atom stereocenters. The predicted molar refractivity (Wildman–Crippen MR) is 117 cm³/mol. The lowest BCUT2D eigenvalue weighted by Crippen LogP contribution is -2.40. The number of nitrogens with zero attached hydrogens (tertiary/aromatic N) is 4. The standard InChI is InChI=1S/C23H28N6O/c1-15-16(2)26-22(17(3)25-15)14-29-12-4-5-19(13-29)23(30)27-20-8-6-18(7-9-20)21-10-11-24-28-21/h6-11,19H,4-5,12-14H2,1-3H3,(H,24,28)(H,27,30). The summed E-state index contributed by atoms with van der Waals surface area (Å²) in [6.07, 6.45) is 3.64. The molecule has 0 spiro atoms. The van der Waals surface area contributed by atoms with E-state index >= 15 is 0 Å². The molecule has 0 radical (unpaired) electrons. The average molecular weight is 405 g/mol. The van der Waals surface area contributed by atoms with E-state index in [9.17, 15) is 4.79 Å². The van der Waals surface area contributed by atoms with Crippen LogP contribution in [-0.4, -0.2) is 44.1 Å². The normalized spacial score (nSPS) is 17.1. The smallest absolute Gasteiger partial charge is 0.228 e. The summed E-state index contributed by atoms with van der Waals surface area (Å²) in [7, 11) is 0.